The molecule has 122 valence electrons. The number of β-amino-alcohol motifs (C(OH)–C–C–N with tert-alkyl or cyclic N) is 1. The van der Waals surface area contributed by atoms with Crippen LogP contribution in [-0.4, -0.2) is 46.2 Å². The van der Waals surface area contributed by atoms with Gasteiger partial charge < -0.3 is 15.3 Å². The van der Waals surface area contributed by atoms with Crippen molar-refractivity contribution in [3.8, 4) is 0 Å². The summed E-state index contributed by atoms with van der Waals surface area (Å²) in [5, 5.41) is 15.6. The molecule has 0 spiro atoms. The van der Waals surface area contributed by atoms with Crippen LogP contribution in [0.4, 0.5) is 5.82 Å². The van der Waals surface area contributed by atoms with E-state index >= 15 is 0 Å². The molecule has 2 N–H and O–H groups in total. The van der Waals surface area contributed by atoms with E-state index in [1.165, 1.54) is 11.3 Å². The normalized spacial score (nSPS) is 21.2. The number of carbonyl (C=O) groups is 1. The van der Waals surface area contributed by atoms with Crippen molar-refractivity contribution in [2.75, 3.05) is 24.5 Å². The maximum absolute atomic E-state index is 12.1. The summed E-state index contributed by atoms with van der Waals surface area (Å²) in [6.45, 7) is 3.47. The van der Waals surface area contributed by atoms with Crippen molar-refractivity contribution in [3.05, 3.63) is 40.5 Å². The molecule has 0 aromatic carbocycles. The molecule has 1 aliphatic rings. The second-order valence-corrected chi connectivity index (χ2v) is 6.90. The lowest BCUT2D eigenvalue weighted by molar-refractivity contribution is 0.0255. The van der Waals surface area contributed by atoms with E-state index in [1.807, 2.05) is 23.3 Å². The Hall–Kier alpha value is -1.99. The van der Waals surface area contributed by atoms with Gasteiger partial charge in [-0.3, -0.25) is 9.78 Å². The average Bonchev–Trinajstić information content (AvgIpc) is 3.00. The van der Waals surface area contributed by atoms with Gasteiger partial charge in [-0.15, -0.1) is 11.3 Å². The fraction of sp³-hybridized carbons (Fsp3) is 0.438. The lowest BCUT2D eigenvalue weighted by Crippen LogP contribution is -2.54. The quantitative estimate of drug-likeness (QED) is 0.889. The Kier molecular flexibility index (Phi) is 4.58. The van der Waals surface area contributed by atoms with Crippen LogP contribution >= 0.6 is 11.3 Å². The maximum atomic E-state index is 12.1. The first-order valence-corrected chi connectivity index (χ1v) is 8.50. The molecule has 23 heavy (non-hydrogen) atoms. The van der Waals surface area contributed by atoms with E-state index in [4.69, 9.17) is 0 Å². The molecule has 2 aromatic rings. The van der Waals surface area contributed by atoms with E-state index < -0.39 is 5.60 Å². The van der Waals surface area contributed by atoms with Crippen LogP contribution in [0.1, 0.15) is 28.1 Å². The van der Waals surface area contributed by atoms with Crippen LogP contribution < -0.4 is 10.2 Å². The maximum Gasteiger partial charge on any atom is 0.261 e. The van der Waals surface area contributed by atoms with Crippen LogP contribution in [0.15, 0.2) is 30.0 Å². The molecule has 0 unspecified atom stereocenters. The Morgan fingerprint density at radius 2 is 2.39 bits per heavy atom. The van der Waals surface area contributed by atoms with Gasteiger partial charge in [-0.05, 0) is 36.8 Å². The number of hydrogen-bond donors (Lipinski definition) is 2. The average molecular weight is 332 g/mol. The fourth-order valence-corrected chi connectivity index (χ4v) is 3.60. The number of aliphatic hydroxyl groups is 1. The molecule has 2 aromatic heterocycles. The van der Waals surface area contributed by atoms with Gasteiger partial charge in [0.2, 0.25) is 0 Å². The monoisotopic (exact) mass is 332 g/mol. The standard InChI is InChI=1S/C16H20N4O2S/c1-12-7-13(23-9-12)15(21)19-10-16(22)3-2-6-20(11-16)14-8-17-4-5-18-14/h4-5,7-9,22H,2-3,6,10-11H2,1H3,(H,19,21)/t16-/m0/s1. The van der Waals surface area contributed by atoms with Crippen molar-refractivity contribution in [2.45, 2.75) is 25.4 Å². The number of nitrogens with zero attached hydrogens (tertiary/aromatic N) is 3. The molecule has 3 heterocycles. The first kappa shape index (κ1) is 15.9. The SMILES string of the molecule is Cc1csc(C(=O)NC[C@@]2(O)CCCN(c3cnccn3)C2)c1. The van der Waals surface area contributed by atoms with Crippen LogP contribution in [0, 0.1) is 6.92 Å². The number of anilines is 1. The minimum Gasteiger partial charge on any atom is -0.386 e. The van der Waals surface area contributed by atoms with Gasteiger partial charge in [0.25, 0.3) is 5.91 Å². The van der Waals surface area contributed by atoms with Crippen molar-refractivity contribution in [3.63, 3.8) is 0 Å². The molecule has 0 radical (unpaired) electrons. The molecule has 6 nitrogen and oxygen atoms in total. The van der Waals surface area contributed by atoms with E-state index in [0.717, 1.165) is 24.3 Å². The topological polar surface area (TPSA) is 78.4 Å². The molecule has 3 rings (SSSR count). The van der Waals surface area contributed by atoms with Crippen molar-refractivity contribution in [1.29, 1.82) is 0 Å². The van der Waals surface area contributed by atoms with Crippen LogP contribution in [0.25, 0.3) is 0 Å². The highest BCUT2D eigenvalue weighted by Gasteiger charge is 2.34. The zero-order valence-electron chi connectivity index (χ0n) is 13.0. The minimum absolute atomic E-state index is 0.131. The molecular formula is C16H20N4O2S. The summed E-state index contributed by atoms with van der Waals surface area (Å²) in [4.78, 5) is 23.2. The van der Waals surface area contributed by atoms with Crippen LogP contribution in [0.5, 0.6) is 0 Å². The summed E-state index contributed by atoms with van der Waals surface area (Å²) in [6, 6.07) is 1.86. The van der Waals surface area contributed by atoms with Gasteiger partial charge in [0.1, 0.15) is 5.82 Å². The molecular weight excluding hydrogens is 312 g/mol. The Morgan fingerprint density at radius 1 is 1.52 bits per heavy atom. The number of aromatic nitrogens is 2. The number of rotatable bonds is 4. The van der Waals surface area contributed by atoms with Gasteiger partial charge in [-0.1, -0.05) is 0 Å². The van der Waals surface area contributed by atoms with Crippen LogP contribution in [0.3, 0.4) is 0 Å². The third-order valence-electron chi connectivity index (χ3n) is 3.96. The smallest absolute Gasteiger partial charge is 0.261 e. The van der Waals surface area contributed by atoms with Gasteiger partial charge in [0.15, 0.2) is 0 Å². The highest BCUT2D eigenvalue weighted by molar-refractivity contribution is 7.12. The number of amides is 1. The zero-order valence-corrected chi connectivity index (χ0v) is 13.8. The van der Waals surface area contributed by atoms with Crippen molar-refractivity contribution < 1.29 is 9.90 Å². The third kappa shape index (κ3) is 3.86. The number of piperidine rings is 1. The van der Waals surface area contributed by atoms with E-state index in [1.54, 1.807) is 18.6 Å². The number of aryl methyl sites for hydroxylation is 1. The second kappa shape index (κ2) is 6.64. The third-order valence-corrected chi connectivity index (χ3v) is 5.01. The van der Waals surface area contributed by atoms with Crippen molar-refractivity contribution >= 4 is 23.1 Å². The predicted octanol–water partition coefficient (Wildman–Crippen LogP) is 1.61. The molecule has 0 aliphatic carbocycles. The molecule has 0 saturated carbocycles. The van der Waals surface area contributed by atoms with Crippen molar-refractivity contribution in [1.82, 2.24) is 15.3 Å². The van der Waals surface area contributed by atoms with E-state index in [0.29, 0.717) is 17.8 Å². The molecule has 1 atom stereocenters. The Bertz CT molecular complexity index is 676. The summed E-state index contributed by atoms with van der Waals surface area (Å²) in [6.07, 6.45) is 6.47. The van der Waals surface area contributed by atoms with Gasteiger partial charge in [-0.2, -0.15) is 0 Å². The summed E-state index contributed by atoms with van der Waals surface area (Å²) in [7, 11) is 0. The van der Waals surface area contributed by atoms with Gasteiger partial charge in [0.05, 0.1) is 16.7 Å². The Morgan fingerprint density at radius 3 is 3.09 bits per heavy atom. The molecule has 1 fully saturated rings. The van der Waals surface area contributed by atoms with E-state index in [2.05, 4.69) is 15.3 Å². The first-order valence-electron chi connectivity index (χ1n) is 7.62. The van der Waals surface area contributed by atoms with Crippen LogP contribution in [0.2, 0.25) is 0 Å². The Balaban J connectivity index is 1.61. The summed E-state index contributed by atoms with van der Waals surface area (Å²) < 4.78 is 0. The molecule has 0 bridgehead atoms. The number of carbonyl (C=O) groups excluding carboxylic acids is 1. The number of nitrogens with one attached hydrogen (secondary N) is 1. The molecule has 1 saturated heterocycles. The Labute approximate surface area is 139 Å². The fourth-order valence-electron chi connectivity index (χ4n) is 2.79. The molecule has 1 aliphatic heterocycles. The highest BCUT2D eigenvalue weighted by atomic mass is 32.1. The minimum atomic E-state index is -0.947. The molecule has 1 amide bonds. The number of hydrogen-bond acceptors (Lipinski definition) is 6. The zero-order chi connectivity index (χ0) is 16.3. The van der Waals surface area contributed by atoms with Gasteiger partial charge in [0, 0.05) is 32.0 Å². The lowest BCUT2D eigenvalue weighted by Gasteiger charge is -2.39. The van der Waals surface area contributed by atoms with E-state index in [9.17, 15) is 9.90 Å². The lowest BCUT2D eigenvalue weighted by atomic mass is 9.92. The van der Waals surface area contributed by atoms with Gasteiger partial charge >= 0.3 is 0 Å². The second-order valence-electron chi connectivity index (χ2n) is 5.98. The number of thiophene rings is 1. The first-order chi connectivity index (χ1) is 11.1. The largest absolute Gasteiger partial charge is 0.386 e. The summed E-state index contributed by atoms with van der Waals surface area (Å²) in [5.74, 6) is 0.624. The van der Waals surface area contributed by atoms with Gasteiger partial charge in [-0.25, -0.2) is 4.98 Å². The summed E-state index contributed by atoms with van der Waals surface area (Å²) in [5.41, 5.74) is 0.128. The summed E-state index contributed by atoms with van der Waals surface area (Å²) >= 11 is 1.42. The van der Waals surface area contributed by atoms with Crippen LogP contribution in [-0.2, 0) is 0 Å². The van der Waals surface area contributed by atoms with E-state index in [-0.39, 0.29) is 12.5 Å². The van der Waals surface area contributed by atoms with Crippen molar-refractivity contribution in [2.24, 2.45) is 0 Å². The highest BCUT2D eigenvalue weighted by Crippen LogP contribution is 2.24. The predicted molar refractivity (Wildman–Crippen MR) is 89.8 cm³/mol. The molecule has 7 heteroatoms.